The molecule has 0 saturated heterocycles. The van der Waals surface area contributed by atoms with Crippen LogP contribution in [0.1, 0.15) is 11.3 Å². The number of pyridine rings is 1. The molecule has 0 radical (unpaired) electrons. The van der Waals surface area contributed by atoms with Gasteiger partial charge in [0.25, 0.3) is 0 Å². The van der Waals surface area contributed by atoms with E-state index in [9.17, 15) is 0 Å². The highest BCUT2D eigenvalue weighted by Crippen LogP contribution is 2.24. The lowest BCUT2D eigenvalue weighted by Gasteiger charge is -2.20. The van der Waals surface area contributed by atoms with E-state index in [0.717, 1.165) is 5.56 Å². The Morgan fingerprint density at radius 1 is 1.28 bits per heavy atom. The maximum atomic E-state index is 5.97. The van der Waals surface area contributed by atoms with Crippen molar-refractivity contribution in [2.24, 2.45) is 0 Å². The van der Waals surface area contributed by atoms with E-state index < -0.39 is 0 Å². The van der Waals surface area contributed by atoms with Gasteiger partial charge in [-0.15, -0.1) is 0 Å². The normalized spacial score (nSPS) is 10.4. The van der Waals surface area contributed by atoms with E-state index in [1.54, 1.807) is 12.4 Å². The molecule has 2 heterocycles. The van der Waals surface area contributed by atoms with Crippen molar-refractivity contribution in [2.75, 3.05) is 17.7 Å². The first kappa shape index (κ1) is 12.6. The molecule has 0 unspecified atom stereocenters. The third kappa shape index (κ3) is 2.68. The van der Waals surface area contributed by atoms with Crippen LogP contribution in [-0.2, 0) is 6.54 Å². The van der Waals surface area contributed by atoms with Crippen molar-refractivity contribution in [3.05, 3.63) is 41.1 Å². The minimum absolute atomic E-state index is 0.207. The Balaban J connectivity index is 2.26. The molecule has 94 valence electrons. The molecular weight excluding hydrogens is 250 g/mol. The zero-order valence-electron chi connectivity index (χ0n) is 10.3. The highest BCUT2D eigenvalue weighted by Gasteiger charge is 2.12. The first-order valence-corrected chi connectivity index (χ1v) is 5.85. The number of anilines is 2. The first-order valence-electron chi connectivity index (χ1n) is 5.47. The number of aromatic nitrogens is 3. The molecule has 0 atom stereocenters. The van der Waals surface area contributed by atoms with Crippen LogP contribution in [0.2, 0.25) is 5.28 Å². The van der Waals surface area contributed by atoms with E-state index in [1.165, 1.54) is 0 Å². The average molecular weight is 264 g/mol. The fraction of sp³-hybridized carbons (Fsp3) is 0.250. The van der Waals surface area contributed by atoms with Crippen LogP contribution in [0.3, 0.4) is 0 Å². The quantitative estimate of drug-likeness (QED) is 0.859. The minimum Gasteiger partial charge on any atom is -0.394 e. The highest BCUT2D eigenvalue weighted by atomic mass is 35.5. The number of hydrogen-bond acceptors (Lipinski definition) is 5. The summed E-state index contributed by atoms with van der Waals surface area (Å²) in [5.74, 6) is 0.643. The van der Waals surface area contributed by atoms with Crippen molar-refractivity contribution in [1.82, 2.24) is 15.0 Å². The predicted octanol–water partition coefficient (Wildman–Crippen LogP) is 2.05. The smallest absolute Gasteiger partial charge is 0.224 e. The van der Waals surface area contributed by atoms with Gasteiger partial charge in [0.05, 0.1) is 11.4 Å². The van der Waals surface area contributed by atoms with Crippen molar-refractivity contribution in [3.8, 4) is 0 Å². The highest BCUT2D eigenvalue weighted by molar-refractivity contribution is 6.28. The molecule has 2 rings (SSSR count). The summed E-state index contributed by atoms with van der Waals surface area (Å²) in [6, 6.07) is 3.89. The molecule has 2 aromatic rings. The van der Waals surface area contributed by atoms with Crippen molar-refractivity contribution < 1.29 is 0 Å². The van der Waals surface area contributed by atoms with E-state index in [1.807, 2.05) is 31.0 Å². The van der Waals surface area contributed by atoms with Gasteiger partial charge in [0.2, 0.25) is 5.28 Å². The van der Waals surface area contributed by atoms with E-state index in [-0.39, 0.29) is 5.28 Å². The van der Waals surface area contributed by atoms with E-state index in [2.05, 4.69) is 15.0 Å². The molecule has 0 amide bonds. The first-order chi connectivity index (χ1) is 8.58. The largest absolute Gasteiger partial charge is 0.394 e. The van der Waals surface area contributed by atoms with Crippen LogP contribution in [0.5, 0.6) is 0 Å². The zero-order valence-corrected chi connectivity index (χ0v) is 11.0. The summed E-state index contributed by atoms with van der Waals surface area (Å²) >= 11 is 5.85. The van der Waals surface area contributed by atoms with Gasteiger partial charge < -0.3 is 10.6 Å². The van der Waals surface area contributed by atoms with Gasteiger partial charge in [-0.3, -0.25) is 4.98 Å². The Morgan fingerprint density at radius 3 is 2.61 bits per heavy atom. The molecule has 6 heteroatoms. The third-order valence-electron chi connectivity index (χ3n) is 2.62. The number of nitrogen functional groups attached to an aromatic ring is 1. The molecule has 0 aliphatic carbocycles. The monoisotopic (exact) mass is 263 g/mol. The van der Waals surface area contributed by atoms with Crippen LogP contribution < -0.4 is 10.6 Å². The summed E-state index contributed by atoms with van der Waals surface area (Å²) in [6.45, 7) is 2.49. The number of halogens is 1. The summed E-state index contributed by atoms with van der Waals surface area (Å²) in [4.78, 5) is 14.1. The lowest BCUT2D eigenvalue weighted by atomic mass is 10.2. The summed E-state index contributed by atoms with van der Waals surface area (Å²) in [6.07, 6.45) is 3.51. The maximum Gasteiger partial charge on any atom is 0.224 e. The average Bonchev–Trinajstić information content (AvgIpc) is 2.35. The standard InChI is InChI=1S/C12H14ClN5/c1-8-10(14)11(17-12(13)16-8)18(2)7-9-3-5-15-6-4-9/h3-6H,7,14H2,1-2H3. The summed E-state index contributed by atoms with van der Waals surface area (Å²) < 4.78 is 0. The molecular formula is C12H14ClN5. The van der Waals surface area contributed by atoms with Gasteiger partial charge in [-0.05, 0) is 36.2 Å². The fourth-order valence-electron chi connectivity index (χ4n) is 1.66. The summed E-state index contributed by atoms with van der Waals surface area (Å²) in [5, 5.41) is 0.207. The Hall–Kier alpha value is -1.88. The van der Waals surface area contributed by atoms with Crippen LogP contribution in [0.4, 0.5) is 11.5 Å². The summed E-state index contributed by atoms with van der Waals surface area (Å²) in [5.41, 5.74) is 8.33. The lowest BCUT2D eigenvalue weighted by Crippen LogP contribution is -2.20. The molecule has 2 aromatic heterocycles. The van der Waals surface area contributed by atoms with Crippen LogP contribution >= 0.6 is 11.6 Å². The van der Waals surface area contributed by atoms with E-state index in [4.69, 9.17) is 17.3 Å². The van der Waals surface area contributed by atoms with Gasteiger partial charge in [0, 0.05) is 26.0 Å². The molecule has 0 aliphatic heterocycles. The SMILES string of the molecule is Cc1nc(Cl)nc(N(C)Cc2ccncc2)c1N. The number of rotatable bonds is 3. The van der Waals surface area contributed by atoms with E-state index in [0.29, 0.717) is 23.7 Å². The second-order valence-electron chi connectivity index (χ2n) is 4.03. The molecule has 2 N–H and O–H groups in total. The number of nitrogens with two attached hydrogens (primary N) is 1. The van der Waals surface area contributed by atoms with Gasteiger partial charge in [-0.25, -0.2) is 4.98 Å². The van der Waals surface area contributed by atoms with Crippen molar-refractivity contribution in [1.29, 1.82) is 0 Å². The number of hydrogen-bond donors (Lipinski definition) is 1. The molecule has 0 saturated carbocycles. The van der Waals surface area contributed by atoms with Crippen molar-refractivity contribution in [3.63, 3.8) is 0 Å². The molecule has 0 aromatic carbocycles. The zero-order chi connectivity index (χ0) is 13.1. The lowest BCUT2D eigenvalue weighted by molar-refractivity contribution is 0.887. The van der Waals surface area contributed by atoms with Gasteiger partial charge >= 0.3 is 0 Å². The molecule has 5 nitrogen and oxygen atoms in total. The van der Waals surface area contributed by atoms with Gasteiger partial charge in [-0.1, -0.05) is 0 Å². The molecule has 0 aliphatic rings. The minimum atomic E-state index is 0.207. The fourth-order valence-corrected chi connectivity index (χ4v) is 1.87. The van der Waals surface area contributed by atoms with Crippen LogP contribution in [-0.4, -0.2) is 22.0 Å². The second-order valence-corrected chi connectivity index (χ2v) is 4.36. The Labute approximate surface area is 111 Å². The van der Waals surface area contributed by atoms with Crippen LogP contribution in [0.25, 0.3) is 0 Å². The maximum absolute atomic E-state index is 5.97. The van der Waals surface area contributed by atoms with Gasteiger partial charge in [0.1, 0.15) is 0 Å². The molecule has 0 fully saturated rings. The predicted molar refractivity (Wildman–Crippen MR) is 72.5 cm³/mol. The van der Waals surface area contributed by atoms with E-state index >= 15 is 0 Å². The topological polar surface area (TPSA) is 67.9 Å². The molecule has 18 heavy (non-hydrogen) atoms. The third-order valence-corrected chi connectivity index (χ3v) is 2.79. The van der Waals surface area contributed by atoms with Crippen LogP contribution in [0, 0.1) is 6.92 Å². The number of aryl methyl sites for hydroxylation is 1. The number of nitrogens with zero attached hydrogens (tertiary/aromatic N) is 4. The second kappa shape index (κ2) is 5.18. The van der Waals surface area contributed by atoms with Gasteiger partial charge in [0.15, 0.2) is 5.82 Å². The molecule has 0 spiro atoms. The Morgan fingerprint density at radius 2 is 1.94 bits per heavy atom. The van der Waals surface area contributed by atoms with Crippen LogP contribution in [0.15, 0.2) is 24.5 Å². The molecule has 0 bridgehead atoms. The Kier molecular flexibility index (Phi) is 3.62. The van der Waals surface area contributed by atoms with Gasteiger partial charge in [-0.2, -0.15) is 4.98 Å². The van der Waals surface area contributed by atoms with Crippen molar-refractivity contribution in [2.45, 2.75) is 13.5 Å². The van der Waals surface area contributed by atoms with Crippen molar-refractivity contribution >= 4 is 23.1 Å². The Bertz CT molecular complexity index is 544. The summed E-state index contributed by atoms with van der Waals surface area (Å²) in [7, 11) is 1.91.